The van der Waals surface area contributed by atoms with E-state index < -0.39 is 0 Å². The molecule has 0 radical (unpaired) electrons. The topological polar surface area (TPSA) is 86.9 Å². The average molecular weight is 421 g/mol. The molecule has 0 bridgehead atoms. The quantitative estimate of drug-likeness (QED) is 0.622. The Morgan fingerprint density at radius 3 is 2.68 bits per heavy atom. The number of carbonyl (C=O) groups is 1. The normalized spacial score (nSPS) is 15.8. The number of benzene rings is 2. The van der Waals surface area contributed by atoms with E-state index in [1.54, 1.807) is 18.2 Å². The van der Waals surface area contributed by atoms with Crippen molar-refractivity contribution >= 4 is 5.91 Å². The van der Waals surface area contributed by atoms with E-state index in [2.05, 4.69) is 10.1 Å². The van der Waals surface area contributed by atoms with E-state index in [4.69, 9.17) is 18.7 Å². The first-order valence-electron chi connectivity index (χ1n) is 10.4. The molecular weight excluding hydrogens is 398 g/mol. The first kappa shape index (κ1) is 19.4. The third-order valence-corrected chi connectivity index (χ3v) is 5.65. The molecule has 0 N–H and O–H groups in total. The van der Waals surface area contributed by atoms with Crippen LogP contribution in [0.2, 0.25) is 0 Å². The summed E-state index contributed by atoms with van der Waals surface area (Å²) < 4.78 is 21.8. The fraction of sp³-hybridized carbons (Fsp3) is 0.348. The molecule has 3 aromatic rings. The van der Waals surface area contributed by atoms with Crippen molar-refractivity contribution in [2.75, 3.05) is 26.5 Å². The smallest absolute Gasteiger partial charge is 0.260 e. The van der Waals surface area contributed by atoms with Crippen LogP contribution in [0.5, 0.6) is 17.2 Å². The first-order valence-corrected chi connectivity index (χ1v) is 10.4. The van der Waals surface area contributed by atoms with Crippen LogP contribution >= 0.6 is 0 Å². The van der Waals surface area contributed by atoms with Gasteiger partial charge in [-0.2, -0.15) is 4.98 Å². The van der Waals surface area contributed by atoms with Gasteiger partial charge in [-0.05, 0) is 31.9 Å². The predicted molar refractivity (Wildman–Crippen MR) is 111 cm³/mol. The summed E-state index contributed by atoms with van der Waals surface area (Å²) >= 11 is 0. The van der Waals surface area contributed by atoms with Crippen LogP contribution in [0.25, 0.3) is 11.4 Å². The molecule has 31 heavy (non-hydrogen) atoms. The monoisotopic (exact) mass is 421 g/mol. The molecule has 5 rings (SSSR count). The van der Waals surface area contributed by atoms with Crippen LogP contribution in [-0.4, -0.2) is 47.4 Å². The number of likely N-dealkylation sites (tertiary alicyclic amines) is 1. The number of hydrogen-bond acceptors (Lipinski definition) is 7. The molecule has 1 aromatic heterocycles. The maximum atomic E-state index is 12.6. The van der Waals surface area contributed by atoms with Gasteiger partial charge in [-0.3, -0.25) is 4.79 Å². The molecule has 1 saturated heterocycles. The molecule has 8 heteroatoms. The summed E-state index contributed by atoms with van der Waals surface area (Å²) in [7, 11) is 0. The number of ether oxygens (including phenoxy) is 3. The Hall–Kier alpha value is -3.55. The van der Waals surface area contributed by atoms with Crippen molar-refractivity contribution in [2.45, 2.75) is 25.7 Å². The van der Waals surface area contributed by atoms with Gasteiger partial charge in [0.05, 0.1) is 0 Å². The zero-order valence-corrected chi connectivity index (χ0v) is 17.2. The van der Waals surface area contributed by atoms with Crippen LogP contribution in [0.3, 0.4) is 0 Å². The van der Waals surface area contributed by atoms with Crippen LogP contribution in [-0.2, 0) is 4.79 Å². The number of hydrogen-bond donors (Lipinski definition) is 0. The van der Waals surface area contributed by atoms with Crippen molar-refractivity contribution < 1.29 is 23.5 Å². The van der Waals surface area contributed by atoms with Gasteiger partial charge in [-0.25, -0.2) is 0 Å². The molecule has 2 aliphatic rings. The van der Waals surface area contributed by atoms with Gasteiger partial charge in [0.2, 0.25) is 18.5 Å². The number of amides is 1. The largest absolute Gasteiger partial charge is 0.484 e. The van der Waals surface area contributed by atoms with E-state index in [1.165, 1.54) is 5.56 Å². The van der Waals surface area contributed by atoms with Crippen molar-refractivity contribution in [1.82, 2.24) is 15.0 Å². The van der Waals surface area contributed by atoms with Gasteiger partial charge in [-0.1, -0.05) is 35.0 Å². The number of aryl methyl sites for hydroxylation is 1. The van der Waals surface area contributed by atoms with Crippen LogP contribution in [0.1, 0.15) is 30.2 Å². The highest BCUT2D eigenvalue weighted by Crippen LogP contribution is 2.35. The fourth-order valence-electron chi connectivity index (χ4n) is 3.80. The zero-order valence-electron chi connectivity index (χ0n) is 17.2. The second-order valence-corrected chi connectivity index (χ2v) is 7.78. The fourth-order valence-corrected chi connectivity index (χ4v) is 3.80. The third kappa shape index (κ3) is 4.19. The number of aromatic nitrogens is 2. The lowest BCUT2D eigenvalue weighted by atomic mass is 9.96. The molecule has 0 aliphatic carbocycles. The van der Waals surface area contributed by atoms with E-state index in [0.29, 0.717) is 42.1 Å². The van der Waals surface area contributed by atoms with Gasteiger partial charge in [-0.15, -0.1) is 0 Å². The van der Waals surface area contributed by atoms with Gasteiger partial charge >= 0.3 is 0 Å². The van der Waals surface area contributed by atoms with Gasteiger partial charge in [0, 0.05) is 30.6 Å². The van der Waals surface area contributed by atoms with Crippen molar-refractivity contribution in [1.29, 1.82) is 0 Å². The van der Waals surface area contributed by atoms with Crippen LogP contribution < -0.4 is 14.2 Å². The summed E-state index contributed by atoms with van der Waals surface area (Å²) in [6, 6.07) is 13.3. The highest BCUT2D eigenvalue weighted by atomic mass is 16.7. The zero-order chi connectivity index (χ0) is 21.2. The van der Waals surface area contributed by atoms with E-state index in [1.807, 2.05) is 36.1 Å². The van der Waals surface area contributed by atoms with Crippen LogP contribution in [0.4, 0.5) is 0 Å². The summed E-state index contributed by atoms with van der Waals surface area (Å²) in [6.45, 7) is 3.51. The van der Waals surface area contributed by atoms with Crippen molar-refractivity contribution in [3.63, 3.8) is 0 Å². The van der Waals surface area contributed by atoms with Gasteiger partial charge in [0.15, 0.2) is 18.1 Å². The van der Waals surface area contributed by atoms with Crippen LogP contribution in [0, 0.1) is 6.92 Å². The number of carbonyl (C=O) groups excluding carboxylic acids is 1. The molecule has 2 aromatic carbocycles. The first-order chi connectivity index (χ1) is 15.2. The minimum atomic E-state index is -0.0398. The highest BCUT2D eigenvalue weighted by Gasteiger charge is 2.28. The number of fused-ring (bicyclic) bond motifs is 1. The second-order valence-electron chi connectivity index (χ2n) is 7.78. The Labute approximate surface area is 179 Å². The molecule has 0 atom stereocenters. The maximum Gasteiger partial charge on any atom is 0.260 e. The maximum absolute atomic E-state index is 12.6. The second kappa shape index (κ2) is 8.29. The van der Waals surface area contributed by atoms with Crippen molar-refractivity contribution in [3.05, 3.63) is 53.9 Å². The summed E-state index contributed by atoms with van der Waals surface area (Å²) in [5.41, 5.74) is 2.13. The van der Waals surface area contributed by atoms with Gasteiger partial charge in [0.25, 0.3) is 5.91 Å². The minimum absolute atomic E-state index is 0.0115. The summed E-state index contributed by atoms with van der Waals surface area (Å²) in [5, 5.41) is 4.13. The Bertz CT molecular complexity index is 1070. The average Bonchev–Trinajstić information content (AvgIpc) is 3.47. The van der Waals surface area contributed by atoms with E-state index in [9.17, 15) is 4.79 Å². The molecule has 0 spiro atoms. The number of piperidine rings is 1. The predicted octanol–water partition coefficient (Wildman–Crippen LogP) is 3.56. The molecular formula is C23H23N3O5. The summed E-state index contributed by atoms with van der Waals surface area (Å²) in [6.07, 6.45) is 1.57. The summed E-state index contributed by atoms with van der Waals surface area (Å²) in [5.74, 6) is 3.27. The number of rotatable bonds is 5. The molecule has 2 aliphatic heterocycles. The molecule has 0 saturated carbocycles. The molecule has 1 amide bonds. The lowest BCUT2D eigenvalue weighted by Gasteiger charge is -2.30. The molecule has 160 valence electrons. The van der Waals surface area contributed by atoms with E-state index in [-0.39, 0.29) is 25.2 Å². The molecule has 0 unspecified atom stereocenters. The third-order valence-electron chi connectivity index (χ3n) is 5.65. The lowest BCUT2D eigenvalue weighted by Crippen LogP contribution is -2.40. The SMILES string of the molecule is Cc1ccc(-c2noc(C3CCN(C(=O)COc4ccc5c(c4)OCO5)CC3)n2)cc1. The van der Waals surface area contributed by atoms with Crippen molar-refractivity contribution in [3.8, 4) is 28.6 Å². The minimum Gasteiger partial charge on any atom is -0.484 e. The van der Waals surface area contributed by atoms with Crippen molar-refractivity contribution in [2.24, 2.45) is 0 Å². The standard InChI is InChI=1S/C23H23N3O5/c1-15-2-4-16(5-3-15)22-24-23(31-25-22)17-8-10-26(11-9-17)21(27)13-28-18-6-7-19-20(12-18)30-14-29-19/h2-7,12,17H,8-11,13-14H2,1H3. The Morgan fingerprint density at radius 2 is 1.87 bits per heavy atom. The van der Waals surface area contributed by atoms with Gasteiger partial charge in [0.1, 0.15) is 5.75 Å². The van der Waals surface area contributed by atoms with Crippen LogP contribution in [0.15, 0.2) is 47.0 Å². The number of nitrogens with zero attached hydrogens (tertiary/aromatic N) is 3. The molecule has 1 fully saturated rings. The van der Waals surface area contributed by atoms with E-state index >= 15 is 0 Å². The Morgan fingerprint density at radius 1 is 1.10 bits per heavy atom. The highest BCUT2D eigenvalue weighted by molar-refractivity contribution is 5.78. The Balaban J connectivity index is 1.13. The Kier molecular flexibility index (Phi) is 5.19. The van der Waals surface area contributed by atoms with Gasteiger partial charge < -0.3 is 23.6 Å². The summed E-state index contributed by atoms with van der Waals surface area (Å²) in [4.78, 5) is 19.0. The lowest BCUT2D eigenvalue weighted by molar-refractivity contribution is -0.134. The molecule has 3 heterocycles. The van der Waals surface area contributed by atoms with E-state index in [0.717, 1.165) is 18.4 Å². The molecule has 8 nitrogen and oxygen atoms in total.